The van der Waals surface area contributed by atoms with Crippen molar-refractivity contribution in [1.29, 1.82) is 0 Å². The minimum atomic E-state index is -4.61. The second kappa shape index (κ2) is 10.2. The predicted molar refractivity (Wildman–Crippen MR) is 141 cm³/mol. The fourth-order valence-corrected chi connectivity index (χ4v) is 14.0. The predicted octanol–water partition coefficient (Wildman–Crippen LogP) is 7.71. The Hall–Kier alpha value is -1.78. The van der Waals surface area contributed by atoms with Gasteiger partial charge in [-0.05, 0) is 54.1 Å². The molecule has 2 aromatic rings. The van der Waals surface area contributed by atoms with Crippen molar-refractivity contribution in [2.75, 3.05) is 0 Å². The molecule has 0 aliphatic carbocycles. The first kappa shape index (κ1) is 28.8. The molecule has 0 aromatic heterocycles. The number of hydrogen-bond acceptors (Lipinski definition) is 4. The zero-order valence-corrected chi connectivity index (χ0v) is 24.4. The van der Waals surface area contributed by atoms with Crippen LogP contribution < -0.4 is 0 Å². The van der Waals surface area contributed by atoms with Gasteiger partial charge < -0.3 is 0 Å². The molecule has 1 aliphatic rings. The lowest BCUT2D eigenvalue weighted by molar-refractivity contribution is -0.0328. The number of fused-ring (bicyclic) bond motifs is 1. The molecule has 36 heavy (non-hydrogen) atoms. The first-order valence-electron chi connectivity index (χ1n) is 12.1. The van der Waals surface area contributed by atoms with E-state index in [1.165, 1.54) is 18.2 Å². The van der Waals surface area contributed by atoms with Crippen LogP contribution in [0.15, 0.2) is 46.2 Å². The molecular formula is C26H34F3NO3S2Si. The molecule has 0 bridgehead atoms. The van der Waals surface area contributed by atoms with E-state index in [1.807, 2.05) is 6.92 Å². The number of rotatable bonds is 8. The lowest BCUT2D eigenvalue weighted by atomic mass is 10.1. The van der Waals surface area contributed by atoms with Gasteiger partial charge in [-0.3, -0.25) is 4.79 Å². The summed E-state index contributed by atoms with van der Waals surface area (Å²) in [4.78, 5) is 13.0. The average Bonchev–Trinajstić information content (AvgIpc) is 3.07. The van der Waals surface area contributed by atoms with Gasteiger partial charge >= 0.3 is 5.51 Å². The monoisotopic (exact) mass is 557 g/mol. The number of sulfonamides is 1. The molecule has 0 unspecified atom stereocenters. The highest BCUT2D eigenvalue weighted by molar-refractivity contribution is 8.00. The molecule has 10 heteroatoms. The first-order chi connectivity index (χ1) is 16.5. The van der Waals surface area contributed by atoms with Gasteiger partial charge in [-0.15, -0.1) is 0 Å². The SMILES string of the molecule is Cc1ccc(S(=O)(=O)N2Cc3cc(C[Si](C(C)C)(C(C)C)C(C)C)cc(SC(F)(F)F)c3C2=O)cc1. The molecule has 3 rings (SSSR count). The van der Waals surface area contributed by atoms with Gasteiger partial charge in [0, 0.05) is 4.90 Å². The Kier molecular flexibility index (Phi) is 8.13. The van der Waals surface area contributed by atoms with Gasteiger partial charge in [-0.25, -0.2) is 12.7 Å². The zero-order valence-electron chi connectivity index (χ0n) is 21.7. The molecule has 0 fully saturated rings. The summed E-state index contributed by atoms with van der Waals surface area (Å²) in [6.45, 7) is 14.6. The fraction of sp³-hybridized carbons (Fsp3) is 0.500. The van der Waals surface area contributed by atoms with Gasteiger partial charge in [0.1, 0.15) is 0 Å². The Morgan fingerprint density at radius 2 is 1.50 bits per heavy atom. The fourth-order valence-electron chi connectivity index (χ4n) is 5.76. The van der Waals surface area contributed by atoms with Crippen LogP contribution in [0, 0.1) is 6.92 Å². The number of hydrogen-bond donors (Lipinski definition) is 0. The van der Waals surface area contributed by atoms with Crippen molar-refractivity contribution in [3.63, 3.8) is 0 Å². The Labute approximate surface area is 217 Å². The summed E-state index contributed by atoms with van der Waals surface area (Å²) in [7, 11) is -6.24. The van der Waals surface area contributed by atoms with Crippen molar-refractivity contribution in [2.24, 2.45) is 0 Å². The van der Waals surface area contributed by atoms with E-state index >= 15 is 0 Å². The molecular weight excluding hydrogens is 524 g/mol. The van der Waals surface area contributed by atoms with E-state index in [0.717, 1.165) is 11.1 Å². The summed E-state index contributed by atoms with van der Waals surface area (Å²) in [5.41, 5.74) is -1.67. The topological polar surface area (TPSA) is 54.5 Å². The molecule has 0 saturated heterocycles. The van der Waals surface area contributed by atoms with Crippen LogP contribution >= 0.6 is 11.8 Å². The molecule has 4 nitrogen and oxygen atoms in total. The molecule has 198 valence electrons. The van der Waals surface area contributed by atoms with Crippen molar-refractivity contribution in [2.45, 2.75) is 93.0 Å². The van der Waals surface area contributed by atoms with Crippen molar-refractivity contribution in [1.82, 2.24) is 4.31 Å². The molecule has 1 amide bonds. The summed E-state index contributed by atoms with van der Waals surface area (Å²) < 4.78 is 67.9. The number of aryl methyl sites for hydroxylation is 1. The largest absolute Gasteiger partial charge is 0.446 e. The summed E-state index contributed by atoms with van der Waals surface area (Å²) in [6.07, 6.45) is 0. The highest BCUT2D eigenvalue weighted by Crippen LogP contribution is 2.47. The van der Waals surface area contributed by atoms with Crippen molar-refractivity contribution >= 4 is 35.8 Å². The molecule has 0 atom stereocenters. The second-order valence-corrected chi connectivity index (χ2v) is 19.6. The number of alkyl halides is 3. The third kappa shape index (κ3) is 5.40. The summed E-state index contributed by atoms with van der Waals surface area (Å²) in [5.74, 6) is -0.913. The zero-order chi connectivity index (χ0) is 27.2. The van der Waals surface area contributed by atoms with Gasteiger partial charge in [0.05, 0.1) is 25.1 Å². The average molecular weight is 558 g/mol. The first-order valence-corrected chi connectivity index (χ1v) is 16.8. The van der Waals surface area contributed by atoms with E-state index in [4.69, 9.17) is 0 Å². The third-order valence-corrected chi connectivity index (χ3v) is 17.6. The van der Waals surface area contributed by atoms with E-state index in [9.17, 15) is 26.4 Å². The number of nitrogens with zero attached hydrogens (tertiary/aromatic N) is 1. The molecule has 0 spiro atoms. The van der Waals surface area contributed by atoms with Gasteiger partial charge in [0.2, 0.25) is 0 Å². The summed E-state index contributed by atoms with van der Waals surface area (Å²) >= 11 is -0.341. The van der Waals surface area contributed by atoms with Crippen LogP contribution in [0.2, 0.25) is 16.6 Å². The maximum atomic E-state index is 13.6. The third-order valence-electron chi connectivity index (χ3n) is 7.57. The number of benzene rings is 2. The summed E-state index contributed by atoms with van der Waals surface area (Å²) in [5, 5.41) is 0. The van der Waals surface area contributed by atoms with Crippen LogP contribution in [-0.4, -0.2) is 32.2 Å². The van der Waals surface area contributed by atoms with Crippen LogP contribution in [0.5, 0.6) is 0 Å². The normalized spacial score (nSPS) is 14.9. The van der Waals surface area contributed by atoms with Crippen molar-refractivity contribution in [3.05, 3.63) is 58.7 Å². The maximum Gasteiger partial charge on any atom is 0.446 e. The lowest BCUT2D eigenvalue weighted by Gasteiger charge is -2.43. The van der Waals surface area contributed by atoms with Crippen LogP contribution in [0.4, 0.5) is 13.2 Å². The van der Waals surface area contributed by atoms with Gasteiger partial charge in [0.25, 0.3) is 15.9 Å². The molecule has 0 N–H and O–H groups in total. The second-order valence-electron chi connectivity index (χ2n) is 10.6. The Morgan fingerprint density at radius 3 is 1.97 bits per heavy atom. The highest BCUT2D eigenvalue weighted by atomic mass is 32.2. The quantitative estimate of drug-likeness (QED) is 0.246. The molecule has 0 radical (unpaired) electrons. The standard InChI is InChI=1S/C26H34F3NO3S2Si/c1-16(2)36(17(3)4,18(5)6)15-20-12-21-14-30(35(32,33)22-10-8-19(7)9-11-22)25(31)24(21)23(13-20)34-26(27,28)29/h8-13,16-18H,14-15H2,1-7H3. The maximum absolute atomic E-state index is 13.6. The van der Waals surface area contributed by atoms with Crippen LogP contribution in [0.1, 0.15) is 68.6 Å². The van der Waals surface area contributed by atoms with Crippen LogP contribution in [0.3, 0.4) is 0 Å². The van der Waals surface area contributed by atoms with Crippen LogP contribution in [-0.2, 0) is 22.6 Å². The Morgan fingerprint density at radius 1 is 0.972 bits per heavy atom. The Bertz CT molecular complexity index is 1220. The molecule has 1 aliphatic heterocycles. The van der Waals surface area contributed by atoms with Crippen LogP contribution in [0.25, 0.3) is 0 Å². The minimum Gasteiger partial charge on any atom is -0.268 e. The number of carbonyl (C=O) groups excluding carboxylic acids is 1. The number of thioether (sulfide) groups is 1. The van der Waals surface area contributed by atoms with E-state index in [1.54, 1.807) is 18.2 Å². The lowest BCUT2D eigenvalue weighted by Crippen LogP contribution is -2.47. The van der Waals surface area contributed by atoms with E-state index in [2.05, 4.69) is 41.5 Å². The van der Waals surface area contributed by atoms with E-state index in [-0.39, 0.29) is 33.7 Å². The molecule has 2 aromatic carbocycles. The molecule has 1 heterocycles. The number of carbonyl (C=O) groups is 1. The summed E-state index contributed by atoms with van der Waals surface area (Å²) in [6, 6.07) is 9.95. The van der Waals surface area contributed by atoms with Crippen molar-refractivity contribution < 1.29 is 26.4 Å². The number of amides is 1. The van der Waals surface area contributed by atoms with Gasteiger partial charge in [-0.2, -0.15) is 13.2 Å². The van der Waals surface area contributed by atoms with Gasteiger partial charge in [0.15, 0.2) is 0 Å². The van der Waals surface area contributed by atoms with Gasteiger partial charge in [-0.1, -0.05) is 81.9 Å². The Balaban J connectivity index is 2.13. The van der Waals surface area contributed by atoms with Crippen molar-refractivity contribution in [3.8, 4) is 0 Å². The highest BCUT2D eigenvalue weighted by Gasteiger charge is 2.45. The van der Waals surface area contributed by atoms with E-state index in [0.29, 0.717) is 32.5 Å². The smallest absolute Gasteiger partial charge is 0.268 e. The minimum absolute atomic E-state index is 0.0645. The molecule has 0 saturated carbocycles. The van der Waals surface area contributed by atoms with E-state index < -0.39 is 29.5 Å². The number of halogens is 3.